The molecule has 0 rings (SSSR count). The third-order valence-corrected chi connectivity index (χ3v) is 0.375. The van der Waals surface area contributed by atoms with Gasteiger partial charge in [0.1, 0.15) is 0 Å². The highest BCUT2D eigenvalue weighted by molar-refractivity contribution is 7.83. The van der Waals surface area contributed by atoms with Crippen LogP contribution in [0.3, 0.4) is 0 Å². The molecule has 0 N–H and O–H groups in total. The molecule has 0 aliphatic carbocycles. The second-order valence-corrected chi connectivity index (χ2v) is 0.612. The molecule has 0 saturated carbocycles. The zero-order chi connectivity index (χ0) is 3.41. The SMILES string of the molecule is S=C=C=S. The van der Waals surface area contributed by atoms with Gasteiger partial charge in [-0.15, -0.1) is 0 Å². The van der Waals surface area contributed by atoms with E-state index in [0.717, 1.165) is 0 Å². The summed E-state index contributed by atoms with van der Waals surface area (Å²) in [4.78, 5) is 0. The summed E-state index contributed by atoms with van der Waals surface area (Å²) in [5, 5.41) is 4.16. The third-order valence-electron chi connectivity index (χ3n) is 0.0417. The van der Waals surface area contributed by atoms with Gasteiger partial charge in [-0.05, 0) is 24.4 Å². The van der Waals surface area contributed by atoms with Crippen LogP contribution in [0.1, 0.15) is 0 Å². The zero-order valence-corrected chi connectivity index (χ0v) is 3.45. The molecule has 0 unspecified atom stereocenters. The summed E-state index contributed by atoms with van der Waals surface area (Å²) in [7, 11) is 0. The van der Waals surface area contributed by atoms with Gasteiger partial charge < -0.3 is 0 Å². The summed E-state index contributed by atoms with van der Waals surface area (Å²) in [5.74, 6) is 0. The van der Waals surface area contributed by atoms with Crippen molar-refractivity contribution >= 4 is 34.5 Å². The van der Waals surface area contributed by atoms with Crippen LogP contribution in [0.15, 0.2) is 0 Å². The van der Waals surface area contributed by atoms with Gasteiger partial charge in [-0.3, -0.25) is 0 Å². The largest absolute Gasteiger partial charge is 0.0174 e. The van der Waals surface area contributed by atoms with Crippen LogP contribution >= 0.6 is 24.4 Å². The average molecular weight is 88.2 g/mol. The van der Waals surface area contributed by atoms with E-state index < -0.39 is 0 Å². The molecule has 0 aliphatic rings. The van der Waals surface area contributed by atoms with Crippen molar-refractivity contribution in [3.63, 3.8) is 0 Å². The first kappa shape index (κ1) is 4.00. The van der Waals surface area contributed by atoms with Gasteiger partial charge in [-0.25, -0.2) is 0 Å². The zero-order valence-electron chi connectivity index (χ0n) is 1.82. The topological polar surface area (TPSA) is 0 Å². The van der Waals surface area contributed by atoms with Crippen molar-refractivity contribution in [3.8, 4) is 0 Å². The molecule has 0 fully saturated rings. The van der Waals surface area contributed by atoms with E-state index in [1.165, 1.54) is 0 Å². The van der Waals surface area contributed by atoms with Crippen LogP contribution in [-0.2, 0) is 0 Å². The van der Waals surface area contributed by atoms with Crippen LogP contribution in [0.5, 0.6) is 0 Å². The highest BCUT2D eigenvalue weighted by Gasteiger charge is 1.15. The summed E-state index contributed by atoms with van der Waals surface area (Å²) < 4.78 is 0. The van der Waals surface area contributed by atoms with Gasteiger partial charge in [-0.2, -0.15) is 0 Å². The molecule has 0 atom stereocenters. The van der Waals surface area contributed by atoms with Crippen LogP contribution in [0.25, 0.3) is 0 Å². The molecule has 0 aromatic heterocycles. The Labute approximate surface area is 35.1 Å². The molecule has 0 saturated heterocycles. The lowest BCUT2D eigenvalue weighted by atomic mass is 11.3. The predicted octanol–water partition coefficient (Wildman–Crippen LogP) is 0.740. The van der Waals surface area contributed by atoms with Crippen LogP contribution in [0, 0.1) is 0 Å². The molecule has 0 bridgehead atoms. The van der Waals surface area contributed by atoms with E-state index in [-0.39, 0.29) is 0 Å². The Balaban J connectivity index is 3.95. The van der Waals surface area contributed by atoms with Gasteiger partial charge in [-0.1, -0.05) is 0 Å². The van der Waals surface area contributed by atoms with E-state index in [4.69, 9.17) is 0 Å². The molecule has 0 spiro atoms. The van der Waals surface area contributed by atoms with Crippen molar-refractivity contribution in [3.05, 3.63) is 0 Å². The van der Waals surface area contributed by atoms with E-state index in [1.54, 1.807) is 0 Å². The van der Waals surface area contributed by atoms with E-state index in [9.17, 15) is 0 Å². The quantitative estimate of drug-likeness (QED) is 0.400. The molecule has 2 heteroatoms. The van der Waals surface area contributed by atoms with E-state index in [2.05, 4.69) is 34.5 Å². The van der Waals surface area contributed by atoms with E-state index in [1.807, 2.05) is 0 Å². The number of rotatable bonds is 0. The average Bonchev–Trinajstić information content (AvgIpc) is 1.37. The second-order valence-electron chi connectivity index (χ2n) is 0.204. The summed E-state index contributed by atoms with van der Waals surface area (Å²) in [6, 6.07) is 0. The van der Waals surface area contributed by atoms with Crippen molar-refractivity contribution in [1.82, 2.24) is 0 Å². The molecule has 0 nitrogen and oxygen atoms in total. The summed E-state index contributed by atoms with van der Waals surface area (Å²) in [5.41, 5.74) is 0. The highest BCUT2D eigenvalue weighted by atomic mass is 32.1. The fraction of sp³-hybridized carbons (Fsp3) is 0. The Kier molecular flexibility index (Phi) is 3.00. The highest BCUT2D eigenvalue weighted by Crippen LogP contribution is 1.26. The maximum atomic E-state index is 4.09. The van der Waals surface area contributed by atoms with E-state index >= 15 is 0 Å². The first-order valence-electron chi connectivity index (χ1n) is 0.658. The first-order valence-corrected chi connectivity index (χ1v) is 1.47. The van der Waals surface area contributed by atoms with Crippen LogP contribution in [0.4, 0.5) is 0 Å². The summed E-state index contributed by atoms with van der Waals surface area (Å²) in [6.45, 7) is 0. The first-order chi connectivity index (χ1) is 1.91. The second kappa shape index (κ2) is 3.00. The van der Waals surface area contributed by atoms with Crippen LogP contribution in [-0.4, -0.2) is 10.0 Å². The standard InChI is InChI=1S/C2S2/c3-1-2-4. The minimum Gasteiger partial charge on any atom is -0.0174 e. The minimum absolute atomic E-state index is 2.08. The summed E-state index contributed by atoms with van der Waals surface area (Å²) >= 11 is 8.18. The molecule has 0 aromatic carbocycles. The van der Waals surface area contributed by atoms with Crippen molar-refractivity contribution in [2.45, 2.75) is 0 Å². The lowest BCUT2D eigenvalue weighted by Gasteiger charge is -1.14. The molecule has 0 heterocycles. The molecule has 0 amide bonds. The van der Waals surface area contributed by atoms with Gasteiger partial charge in [0.2, 0.25) is 0 Å². The predicted molar refractivity (Wildman–Crippen MR) is 25.2 cm³/mol. The molecule has 0 aromatic rings. The van der Waals surface area contributed by atoms with Gasteiger partial charge in [0.05, 0.1) is 0 Å². The lowest BCUT2D eigenvalue weighted by molar-refractivity contribution is 4.15. The molecular weight excluding hydrogens is 88.2 g/mol. The van der Waals surface area contributed by atoms with Crippen molar-refractivity contribution < 1.29 is 0 Å². The number of thiocarbonyl (C=S) groups is 2. The Morgan fingerprint density at radius 1 is 1.00 bits per heavy atom. The van der Waals surface area contributed by atoms with E-state index in [0.29, 0.717) is 0 Å². The minimum atomic E-state index is 2.08. The van der Waals surface area contributed by atoms with Crippen molar-refractivity contribution in [2.75, 3.05) is 0 Å². The normalized spacial score (nSPS) is 3.00. The Bertz CT molecular complexity index is 54.1. The number of hydrogen-bond acceptors (Lipinski definition) is 2. The van der Waals surface area contributed by atoms with Gasteiger partial charge >= 0.3 is 0 Å². The fourth-order valence-corrected chi connectivity index (χ4v) is 0. The van der Waals surface area contributed by atoms with Crippen molar-refractivity contribution in [1.29, 1.82) is 0 Å². The fourth-order valence-electron chi connectivity index (χ4n) is 0. The maximum absolute atomic E-state index is 4.09. The third kappa shape index (κ3) is 2.00. The monoisotopic (exact) mass is 87.9 g/mol. The molecule has 0 aliphatic heterocycles. The Morgan fingerprint density at radius 2 is 1.25 bits per heavy atom. The maximum Gasteiger partial charge on any atom is 0.0174 e. The van der Waals surface area contributed by atoms with Crippen LogP contribution < -0.4 is 0 Å². The van der Waals surface area contributed by atoms with Crippen LogP contribution in [0.2, 0.25) is 0 Å². The van der Waals surface area contributed by atoms with Crippen molar-refractivity contribution in [2.24, 2.45) is 0 Å². The van der Waals surface area contributed by atoms with Gasteiger partial charge in [0.15, 0.2) is 0 Å². The molecule has 20 valence electrons. The number of hydrogen-bond donors (Lipinski definition) is 0. The van der Waals surface area contributed by atoms with Gasteiger partial charge in [0.25, 0.3) is 0 Å². The lowest BCUT2D eigenvalue weighted by Crippen LogP contribution is -1.25. The molecule has 0 radical (unpaired) electrons. The smallest absolute Gasteiger partial charge is 0.0174 e. The molecular formula is C2S2. The summed E-state index contributed by atoms with van der Waals surface area (Å²) in [6.07, 6.45) is 0. The Morgan fingerprint density at radius 3 is 1.25 bits per heavy atom. The Hall–Kier alpha value is 0. The van der Waals surface area contributed by atoms with Gasteiger partial charge in [0, 0.05) is 10.0 Å². The molecule has 4 heavy (non-hydrogen) atoms.